The van der Waals surface area contributed by atoms with Gasteiger partial charge in [0.05, 0.1) is 0 Å². The highest BCUT2D eigenvalue weighted by molar-refractivity contribution is 5.88. The number of nitrogens with zero attached hydrogens (tertiary/aromatic N) is 4. The fourth-order valence-electron chi connectivity index (χ4n) is 3.56. The van der Waals surface area contributed by atoms with Gasteiger partial charge < -0.3 is 10.6 Å². The molecule has 0 bridgehead atoms. The van der Waals surface area contributed by atoms with Crippen molar-refractivity contribution in [2.24, 2.45) is 0 Å². The van der Waals surface area contributed by atoms with E-state index in [2.05, 4.69) is 37.7 Å². The predicted molar refractivity (Wildman–Crippen MR) is 106 cm³/mol. The van der Waals surface area contributed by atoms with E-state index in [0.29, 0.717) is 6.04 Å². The molecule has 1 amide bonds. The van der Waals surface area contributed by atoms with Crippen LogP contribution in [-0.2, 0) is 11.3 Å². The Bertz CT molecular complexity index is 912. The standard InChI is InChI=1S/C20H24N6O/c1-15(27)23-17-6-4-16(5-7-17)13-25-11-8-18(9-12-25)24-20-19-3-2-10-26(19)22-14-21-20/h2-7,10,14,18H,8-9,11-13H2,1H3,(H,23,27)(H,21,22,24). The topological polar surface area (TPSA) is 74.6 Å². The maximum absolute atomic E-state index is 11.1. The van der Waals surface area contributed by atoms with Gasteiger partial charge in [0, 0.05) is 44.5 Å². The summed E-state index contributed by atoms with van der Waals surface area (Å²) in [7, 11) is 0. The van der Waals surface area contributed by atoms with Gasteiger partial charge in [0.15, 0.2) is 5.82 Å². The maximum atomic E-state index is 11.1. The highest BCUT2D eigenvalue weighted by atomic mass is 16.1. The Morgan fingerprint density at radius 3 is 2.70 bits per heavy atom. The number of benzene rings is 1. The summed E-state index contributed by atoms with van der Waals surface area (Å²) in [6, 6.07) is 12.5. The average Bonchev–Trinajstić information content (AvgIpc) is 3.14. The molecule has 2 N–H and O–H groups in total. The molecule has 1 saturated heterocycles. The lowest BCUT2D eigenvalue weighted by molar-refractivity contribution is -0.114. The number of fused-ring (bicyclic) bond motifs is 1. The fraction of sp³-hybridized carbons (Fsp3) is 0.350. The summed E-state index contributed by atoms with van der Waals surface area (Å²) in [4.78, 5) is 18.0. The number of carbonyl (C=O) groups excluding carboxylic acids is 1. The van der Waals surface area contributed by atoms with Gasteiger partial charge in [0.25, 0.3) is 0 Å². The second-order valence-electron chi connectivity index (χ2n) is 7.02. The third kappa shape index (κ3) is 4.25. The molecule has 4 rings (SSSR count). The fourth-order valence-corrected chi connectivity index (χ4v) is 3.56. The van der Waals surface area contributed by atoms with Gasteiger partial charge in [-0.05, 0) is 42.7 Å². The predicted octanol–water partition coefficient (Wildman–Crippen LogP) is 2.76. The zero-order valence-corrected chi connectivity index (χ0v) is 15.4. The van der Waals surface area contributed by atoms with Crippen molar-refractivity contribution >= 4 is 22.9 Å². The highest BCUT2D eigenvalue weighted by Crippen LogP contribution is 2.20. The molecular formula is C20H24N6O. The minimum absolute atomic E-state index is 0.0431. The van der Waals surface area contributed by atoms with Gasteiger partial charge in [-0.15, -0.1) is 0 Å². The molecule has 27 heavy (non-hydrogen) atoms. The summed E-state index contributed by atoms with van der Waals surface area (Å²) >= 11 is 0. The molecule has 7 nitrogen and oxygen atoms in total. The zero-order chi connectivity index (χ0) is 18.6. The summed E-state index contributed by atoms with van der Waals surface area (Å²) in [5, 5.41) is 10.6. The Kier molecular flexibility index (Phi) is 5.02. The molecule has 1 aromatic carbocycles. The van der Waals surface area contributed by atoms with Gasteiger partial charge in [-0.25, -0.2) is 9.50 Å². The normalized spacial score (nSPS) is 15.7. The molecule has 140 valence electrons. The lowest BCUT2D eigenvalue weighted by Gasteiger charge is -2.32. The minimum atomic E-state index is -0.0431. The number of amides is 1. The summed E-state index contributed by atoms with van der Waals surface area (Å²) in [5.74, 6) is 0.862. The van der Waals surface area contributed by atoms with Gasteiger partial charge in [0.1, 0.15) is 11.8 Å². The molecule has 1 aliphatic rings. The van der Waals surface area contributed by atoms with E-state index in [1.54, 1.807) is 6.33 Å². The van der Waals surface area contributed by atoms with Crippen LogP contribution in [-0.4, -0.2) is 44.5 Å². The van der Waals surface area contributed by atoms with Crippen LogP contribution >= 0.6 is 0 Å². The van der Waals surface area contributed by atoms with Crippen LogP contribution in [0.3, 0.4) is 0 Å². The summed E-state index contributed by atoms with van der Waals surface area (Å²) in [6.45, 7) is 4.56. The molecule has 0 saturated carbocycles. The highest BCUT2D eigenvalue weighted by Gasteiger charge is 2.20. The van der Waals surface area contributed by atoms with E-state index >= 15 is 0 Å². The van der Waals surface area contributed by atoms with E-state index in [0.717, 1.165) is 49.5 Å². The van der Waals surface area contributed by atoms with Crippen molar-refractivity contribution in [2.75, 3.05) is 23.7 Å². The number of likely N-dealkylation sites (tertiary alicyclic amines) is 1. The van der Waals surface area contributed by atoms with Crippen molar-refractivity contribution in [1.29, 1.82) is 0 Å². The third-order valence-corrected chi connectivity index (χ3v) is 4.94. The first-order chi connectivity index (χ1) is 13.2. The van der Waals surface area contributed by atoms with Crippen molar-refractivity contribution in [3.8, 4) is 0 Å². The van der Waals surface area contributed by atoms with Crippen LogP contribution in [0, 0.1) is 0 Å². The number of carbonyl (C=O) groups is 1. The van der Waals surface area contributed by atoms with Gasteiger partial charge in [-0.3, -0.25) is 9.69 Å². The van der Waals surface area contributed by atoms with Gasteiger partial charge in [-0.1, -0.05) is 12.1 Å². The number of piperidine rings is 1. The van der Waals surface area contributed by atoms with E-state index in [-0.39, 0.29) is 5.91 Å². The Morgan fingerprint density at radius 2 is 1.96 bits per heavy atom. The first-order valence-corrected chi connectivity index (χ1v) is 9.31. The SMILES string of the molecule is CC(=O)Nc1ccc(CN2CCC(Nc3ncnn4cccc34)CC2)cc1. The number of hydrogen-bond donors (Lipinski definition) is 2. The second-order valence-corrected chi connectivity index (χ2v) is 7.02. The molecule has 7 heteroatoms. The van der Waals surface area contributed by atoms with Crippen molar-refractivity contribution in [3.63, 3.8) is 0 Å². The minimum Gasteiger partial charge on any atom is -0.365 e. The largest absolute Gasteiger partial charge is 0.365 e. The zero-order valence-electron chi connectivity index (χ0n) is 15.4. The number of hydrogen-bond acceptors (Lipinski definition) is 5. The smallest absolute Gasteiger partial charge is 0.221 e. The summed E-state index contributed by atoms with van der Waals surface area (Å²) in [6.07, 6.45) is 5.69. The number of rotatable bonds is 5. The van der Waals surface area contributed by atoms with E-state index in [1.165, 1.54) is 12.5 Å². The van der Waals surface area contributed by atoms with Crippen LogP contribution < -0.4 is 10.6 Å². The molecule has 0 unspecified atom stereocenters. The molecule has 2 aromatic heterocycles. The van der Waals surface area contributed by atoms with Crippen molar-refractivity contribution in [2.45, 2.75) is 32.4 Å². The molecule has 0 atom stereocenters. The quantitative estimate of drug-likeness (QED) is 0.728. The lowest BCUT2D eigenvalue weighted by atomic mass is 10.0. The Balaban J connectivity index is 1.30. The molecule has 1 aliphatic heterocycles. The molecule has 3 aromatic rings. The van der Waals surface area contributed by atoms with Crippen LogP contribution in [0.1, 0.15) is 25.3 Å². The van der Waals surface area contributed by atoms with Gasteiger partial charge >= 0.3 is 0 Å². The maximum Gasteiger partial charge on any atom is 0.221 e. The summed E-state index contributed by atoms with van der Waals surface area (Å²) < 4.78 is 1.84. The van der Waals surface area contributed by atoms with Crippen LogP contribution in [0.25, 0.3) is 5.52 Å². The third-order valence-electron chi connectivity index (χ3n) is 4.94. The second kappa shape index (κ2) is 7.75. The van der Waals surface area contributed by atoms with Gasteiger partial charge in [-0.2, -0.15) is 5.10 Å². The first-order valence-electron chi connectivity index (χ1n) is 9.31. The average molecular weight is 364 g/mol. The molecule has 0 spiro atoms. The van der Waals surface area contributed by atoms with Crippen LogP contribution in [0.4, 0.5) is 11.5 Å². The van der Waals surface area contributed by atoms with Crippen molar-refractivity contribution < 1.29 is 4.79 Å². The van der Waals surface area contributed by atoms with E-state index in [4.69, 9.17) is 0 Å². The number of aromatic nitrogens is 3. The number of nitrogens with one attached hydrogen (secondary N) is 2. The molecular weight excluding hydrogens is 340 g/mol. The molecule has 3 heterocycles. The Labute approximate surface area is 158 Å². The van der Waals surface area contributed by atoms with Gasteiger partial charge in [0.2, 0.25) is 5.91 Å². The van der Waals surface area contributed by atoms with Crippen LogP contribution in [0.2, 0.25) is 0 Å². The van der Waals surface area contributed by atoms with E-state index in [9.17, 15) is 4.79 Å². The Hall–Kier alpha value is -2.93. The van der Waals surface area contributed by atoms with Crippen molar-refractivity contribution in [3.05, 3.63) is 54.5 Å². The van der Waals surface area contributed by atoms with Crippen molar-refractivity contribution in [1.82, 2.24) is 19.5 Å². The monoisotopic (exact) mass is 364 g/mol. The van der Waals surface area contributed by atoms with E-state index in [1.807, 2.05) is 35.0 Å². The van der Waals surface area contributed by atoms with E-state index < -0.39 is 0 Å². The first kappa shape index (κ1) is 17.5. The molecule has 0 aliphatic carbocycles. The lowest BCUT2D eigenvalue weighted by Crippen LogP contribution is -2.38. The summed E-state index contributed by atoms with van der Waals surface area (Å²) in [5.41, 5.74) is 3.12. The van der Waals surface area contributed by atoms with Crippen LogP contribution in [0.5, 0.6) is 0 Å². The number of anilines is 2. The molecule has 1 fully saturated rings. The Morgan fingerprint density at radius 1 is 1.19 bits per heavy atom. The van der Waals surface area contributed by atoms with Crippen LogP contribution in [0.15, 0.2) is 48.9 Å². The molecule has 0 radical (unpaired) electrons.